The first-order chi connectivity index (χ1) is 12.7. The predicted molar refractivity (Wildman–Crippen MR) is 112 cm³/mol. The van der Waals surface area contributed by atoms with Crippen molar-refractivity contribution in [3.63, 3.8) is 0 Å². The monoisotopic (exact) mass is 362 g/mol. The molecule has 0 spiro atoms. The molecule has 3 rings (SSSR count). The molecule has 0 unspecified atom stereocenters. The zero-order valence-electron chi connectivity index (χ0n) is 17.9. The van der Waals surface area contributed by atoms with Gasteiger partial charge in [0.1, 0.15) is 0 Å². The van der Waals surface area contributed by atoms with Gasteiger partial charge in [0.25, 0.3) is 0 Å². The van der Waals surface area contributed by atoms with Crippen molar-refractivity contribution in [1.29, 1.82) is 0 Å². The van der Waals surface area contributed by atoms with Gasteiger partial charge in [0.2, 0.25) is 0 Å². The van der Waals surface area contributed by atoms with Crippen molar-refractivity contribution in [3.05, 3.63) is 18.0 Å². The first kappa shape index (κ1) is 21.4. The number of aromatic nitrogens is 2. The van der Waals surface area contributed by atoms with Crippen LogP contribution in [0.25, 0.3) is 0 Å². The van der Waals surface area contributed by atoms with Crippen molar-refractivity contribution in [3.8, 4) is 0 Å². The Morgan fingerprint density at radius 1 is 1.04 bits per heavy atom. The maximum absolute atomic E-state index is 4.58. The summed E-state index contributed by atoms with van der Waals surface area (Å²) in [6, 6.07) is 2.08. The molecule has 4 nitrogen and oxygen atoms in total. The molecule has 2 heterocycles. The fourth-order valence-corrected chi connectivity index (χ4v) is 4.39. The Hall–Kier alpha value is -0.870. The number of nitrogens with zero attached hydrogens (tertiary/aromatic N) is 3. The fraction of sp³-hybridized carbons (Fsp3) is 0.864. The highest BCUT2D eigenvalue weighted by atomic mass is 15.3. The minimum Gasteiger partial charge on any atom is -0.314 e. The van der Waals surface area contributed by atoms with Crippen LogP contribution in [0.1, 0.15) is 84.7 Å². The topological polar surface area (TPSA) is 33.1 Å². The third-order valence-corrected chi connectivity index (χ3v) is 6.08. The average molecular weight is 363 g/mol. The van der Waals surface area contributed by atoms with Gasteiger partial charge in [-0.15, -0.1) is 0 Å². The molecule has 1 aliphatic carbocycles. The van der Waals surface area contributed by atoms with Gasteiger partial charge in [0.05, 0.1) is 12.2 Å². The van der Waals surface area contributed by atoms with Crippen LogP contribution in [-0.2, 0) is 6.42 Å². The summed E-state index contributed by atoms with van der Waals surface area (Å²) in [5.74, 6) is 0.901. The molecule has 0 bridgehead atoms. The van der Waals surface area contributed by atoms with Crippen molar-refractivity contribution in [2.75, 3.05) is 19.6 Å². The van der Waals surface area contributed by atoms with Gasteiger partial charge in [-0.25, -0.2) is 0 Å². The van der Waals surface area contributed by atoms with Crippen LogP contribution >= 0.6 is 0 Å². The van der Waals surface area contributed by atoms with E-state index in [2.05, 4.69) is 47.0 Å². The third-order valence-electron chi connectivity index (χ3n) is 6.08. The number of hydrogen-bond donors (Lipinski definition) is 1. The molecule has 2 aliphatic rings. The minimum atomic E-state index is 0.619. The SMILES string of the molecule is CC.CCc1cnn(C2CCN(C3CCC(CNC(C)C)CC3)CC2)c1. The van der Waals surface area contributed by atoms with Crippen molar-refractivity contribution in [2.45, 2.75) is 97.7 Å². The van der Waals surface area contributed by atoms with E-state index in [-0.39, 0.29) is 0 Å². The number of aryl methyl sites for hydroxylation is 1. The van der Waals surface area contributed by atoms with Gasteiger partial charge in [-0.1, -0.05) is 34.6 Å². The lowest BCUT2D eigenvalue weighted by Crippen LogP contribution is -2.44. The molecule has 2 fully saturated rings. The summed E-state index contributed by atoms with van der Waals surface area (Å²) in [6.45, 7) is 14.4. The largest absolute Gasteiger partial charge is 0.314 e. The van der Waals surface area contributed by atoms with Gasteiger partial charge in [0, 0.05) is 31.4 Å². The number of hydrogen-bond acceptors (Lipinski definition) is 3. The third kappa shape index (κ3) is 6.09. The number of nitrogens with one attached hydrogen (secondary N) is 1. The normalized spacial score (nSPS) is 25.2. The molecule has 0 atom stereocenters. The van der Waals surface area contributed by atoms with Crippen molar-refractivity contribution < 1.29 is 0 Å². The number of rotatable bonds is 6. The standard InChI is InChI=1S/C20H36N4.C2H6/c1-4-17-14-22-24(15-17)20-9-11-23(12-10-20)19-7-5-18(6-8-19)13-21-16(2)3;1-2/h14-16,18-21H,4-13H2,1-3H3;1-2H3. The maximum Gasteiger partial charge on any atom is 0.0543 e. The molecule has 0 radical (unpaired) electrons. The van der Waals surface area contributed by atoms with Crippen LogP contribution in [0.2, 0.25) is 0 Å². The second kappa shape index (κ2) is 11.1. The Kier molecular flexibility index (Phi) is 9.13. The summed E-state index contributed by atoms with van der Waals surface area (Å²) in [5.41, 5.74) is 1.37. The highest BCUT2D eigenvalue weighted by Gasteiger charge is 2.29. The van der Waals surface area contributed by atoms with E-state index in [4.69, 9.17) is 0 Å². The van der Waals surface area contributed by atoms with E-state index >= 15 is 0 Å². The van der Waals surface area contributed by atoms with Crippen molar-refractivity contribution in [2.24, 2.45) is 5.92 Å². The first-order valence-electron chi connectivity index (χ1n) is 11.2. The van der Waals surface area contributed by atoms with E-state index in [0.29, 0.717) is 12.1 Å². The van der Waals surface area contributed by atoms with Crippen LogP contribution in [0.3, 0.4) is 0 Å². The molecule has 26 heavy (non-hydrogen) atoms. The zero-order valence-corrected chi connectivity index (χ0v) is 17.9. The van der Waals surface area contributed by atoms with E-state index in [0.717, 1.165) is 18.4 Å². The molecule has 1 aliphatic heterocycles. The molecular weight excluding hydrogens is 320 g/mol. The molecule has 1 saturated heterocycles. The van der Waals surface area contributed by atoms with Gasteiger partial charge in [-0.2, -0.15) is 5.10 Å². The second-order valence-corrected chi connectivity index (χ2v) is 8.19. The molecule has 150 valence electrons. The molecule has 4 heteroatoms. The summed E-state index contributed by atoms with van der Waals surface area (Å²) in [6.07, 6.45) is 13.5. The number of likely N-dealkylation sites (tertiary alicyclic amines) is 1. The van der Waals surface area contributed by atoms with E-state index in [1.165, 1.54) is 63.7 Å². The summed E-state index contributed by atoms with van der Waals surface area (Å²) in [7, 11) is 0. The summed E-state index contributed by atoms with van der Waals surface area (Å²) >= 11 is 0. The van der Waals surface area contributed by atoms with Crippen molar-refractivity contribution in [1.82, 2.24) is 20.0 Å². The van der Waals surface area contributed by atoms with Crippen LogP contribution in [0.15, 0.2) is 12.4 Å². The first-order valence-corrected chi connectivity index (χ1v) is 11.2. The quantitative estimate of drug-likeness (QED) is 0.798. The van der Waals surface area contributed by atoms with Crippen LogP contribution < -0.4 is 5.32 Å². The molecule has 1 aromatic heterocycles. The lowest BCUT2D eigenvalue weighted by atomic mass is 9.84. The Bertz CT molecular complexity index is 480. The predicted octanol–water partition coefficient (Wildman–Crippen LogP) is 4.67. The van der Waals surface area contributed by atoms with E-state index in [1.807, 2.05) is 20.0 Å². The molecule has 0 amide bonds. The Labute approximate surface area is 161 Å². The fourth-order valence-electron chi connectivity index (χ4n) is 4.39. The van der Waals surface area contributed by atoms with Gasteiger partial charge in [0.15, 0.2) is 0 Å². The highest BCUT2D eigenvalue weighted by molar-refractivity contribution is 5.04. The Morgan fingerprint density at radius 2 is 1.69 bits per heavy atom. The zero-order chi connectivity index (χ0) is 18.9. The summed E-state index contributed by atoms with van der Waals surface area (Å²) < 4.78 is 2.23. The Balaban J connectivity index is 0.00000117. The van der Waals surface area contributed by atoms with E-state index in [9.17, 15) is 0 Å². The highest BCUT2D eigenvalue weighted by Crippen LogP contribution is 2.31. The lowest BCUT2D eigenvalue weighted by molar-refractivity contribution is 0.0933. The number of piperidine rings is 1. The summed E-state index contributed by atoms with van der Waals surface area (Å²) in [5, 5.41) is 8.20. The van der Waals surface area contributed by atoms with Crippen LogP contribution in [-0.4, -0.2) is 46.4 Å². The van der Waals surface area contributed by atoms with Gasteiger partial charge < -0.3 is 10.2 Å². The van der Waals surface area contributed by atoms with E-state index < -0.39 is 0 Å². The lowest BCUT2D eigenvalue weighted by Gasteiger charge is -2.41. The molecule has 0 aromatic carbocycles. The molecule has 1 saturated carbocycles. The van der Waals surface area contributed by atoms with Crippen LogP contribution in [0.4, 0.5) is 0 Å². The van der Waals surface area contributed by atoms with Crippen molar-refractivity contribution >= 4 is 0 Å². The maximum atomic E-state index is 4.58. The summed E-state index contributed by atoms with van der Waals surface area (Å²) in [4.78, 5) is 2.77. The molecule has 1 aromatic rings. The Morgan fingerprint density at radius 3 is 2.23 bits per heavy atom. The smallest absolute Gasteiger partial charge is 0.0543 e. The van der Waals surface area contributed by atoms with Gasteiger partial charge >= 0.3 is 0 Å². The average Bonchev–Trinajstić information content (AvgIpc) is 3.18. The van der Waals surface area contributed by atoms with Gasteiger partial charge in [-0.05, 0) is 63.0 Å². The van der Waals surface area contributed by atoms with Crippen LogP contribution in [0, 0.1) is 5.92 Å². The second-order valence-electron chi connectivity index (χ2n) is 8.19. The van der Waals surface area contributed by atoms with Crippen LogP contribution in [0.5, 0.6) is 0 Å². The van der Waals surface area contributed by atoms with Gasteiger partial charge in [-0.3, -0.25) is 4.68 Å². The van der Waals surface area contributed by atoms with E-state index in [1.54, 1.807) is 0 Å². The molecule has 1 N–H and O–H groups in total. The minimum absolute atomic E-state index is 0.619. The molecular formula is C22H42N4.